The average molecular weight is 235 g/mol. The zero-order valence-corrected chi connectivity index (χ0v) is 10.7. The summed E-state index contributed by atoms with van der Waals surface area (Å²) < 4.78 is 0. The van der Waals surface area contributed by atoms with E-state index in [0.29, 0.717) is 0 Å². The van der Waals surface area contributed by atoms with E-state index in [-0.39, 0.29) is 5.91 Å². The van der Waals surface area contributed by atoms with Crippen molar-refractivity contribution in [3.8, 4) is 0 Å². The maximum Gasteiger partial charge on any atom is 0.221 e. The van der Waals surface area contributed by atoms with Gasteiger partial charge in [0.15, 0.2) is 0 Å². The van der Waals surface area contributed by atoms with E-state index < -0.39 is 0 Å². The third-order valence-corrected chi connectivity index (χ3v) is 2.86. The van der Waals surface area contributed by atoms with E-state index in [0.717, 1.165) is 11.4 Å². The number of benzene rings is 1. The maximum absolute atomic E-state index is 10.8. The molecule has 0 radical (unpaired) electrons. The molecule has 1 aromatic rings. The highest BCUT2D eigenvalue weighted by Gasteiger charge is 1.96. The molecule has 1 rings (SSSR count). The van der Waals surface area contributed by atoms with Crippen molar-refractivity contribution < 1.29 is 4.79 Å². The highest BCUT2D eigenvalue weighted by atomic mass is 32.2. The van der Waals surface area contributed by atoms with Crippen LogP contribution >= 0.6 is 11.8 Å². The zero-order valence-electron chi connectivity index (χ0n) is 9.91. The van der Waals surface area contributed by atoms with Gasteiger partial charge < -0.3 is 5.32 Å². The first-order chi connectivity index (χ1) is 7.58. The Morgan fingerprint density at radius 2 is 1.88 bits per heavy atom. The van der Waals surface area contributed by atoms with Crippen LogP contribution in [0.25, 0.3) is 0 Å². The van der Waals surface area contributed by atoms with Crippen LogP contribution in [0.2, 0.25) is 0 Å². The molecule has 2 nitrogen and oxygen atoms in total. The van der Waals surface area contributed by atoms with Gasteiger partial charge in [0.2, 0.25) is 5.91 Å². The van der Waals surface area contributed by atoms with Gasteiger partial charge in [-0.1, -0.05) is 11.6 Å². The van der Waals surface area contributed by atoms with E-state index in [4.69, 9.17) is 0 Å². The highest BCUT2D eigenvalue weighted by Crippen LogP contribution is 2.20. The van der Waals surface area contributed by atoms with Gasteiger partial charge in [-0.25, -0.2) is 0 Å². The van der Waals surface area contributed by atoms with Gasteiger partial charge in [0.25, 0.3) is 0 Å². The maximum atomic E-state index is 10.8. The Balaban J connectivity index is 2.51. The van der Waals surface area contributed by atoms with E-state index in [1.54, 1.807) is 11.8 Å². The summed E-state index contributed by atoms with van der Waals surface area (Å²) in [6.07, 6.45) is 2.20. The van der Waals surface area contributed by atoms with E-state index in [9.17, 15) is 4.79 Å². The minimum atomic E-state index is -0.0371. The molecule has 0 aliphatic carbocycles. The second kappa shape index (κ2) is 6.38. The minimum Gasteiger partial charge on any atom is -0.326 e. The lowest BCUT2D eigenvalue weighted by Crippen LogP contribution is -2.05. The van der Waals surface area contributed by atoms with E-state index in [1.807, 2.05) is 24.3 Å². The van der Waals surface area contributed by atoms with E-state index in [2.05, 4.69) is 25.2 Å². The molecule has 0 aromatic heterocycles. The Hall–Kier alpha value is -1.22. The number of hydrogen-bond donors (Lipinski definition) is 1. The molecule has 0 aliphatic heterocycles. The molecular weight excluding hydrogens is 218 g/mol. The summed E-state index contributed by atoms with van der Waals surface area (Å²) in [4.78, 5) is 12.0. The average Bonchev–Trinajstić information content (AvgIpc) is 2.19. The molecule has 0 bridgehead atoms. The summed E-state index contributed by atoms with van der Waals surface area (Å²) in [5, 5.41) is 2.75. The Morgan fingerprint density at radius 1 is 1.25 bits per heavy atom. The summed E-state index contributed by atoms with van der Waals surface area (Å²) in [5.74, 6) is 0.951. The predicted molar refractivity (Wildman–Crippen MR) is 70.9 cm³/mol. The molecule has 0 saturated heterocycles. The topological polar surface area (TPSA) is 29.1 Å². The summed E-state index contributed by atoms with van der Waals surface area (Å²) in [6, 6.07) is 7.89. The molecule has 0 heterocycles. The van der Waals surface area contributed by atoms with E-state index >= 15 is 0 Å². The van der Waals surface area contributed by atoms with Crippen molar-refractivity contribution in [1.29, 1.82) is 0 Å². The van der Waals surface area contributed by atoms with Crippen molar-refractivity contribution in [1.82, 2.24) is 0 Å². The molecule has 1 amide bonds. The van der Waals surface area contributed by atoms with Crippen LogP contribution in [0.5, 0.6) is 0 Å². The lowest BCUT2D eigenvalue weighted by molar-refractivity contribution is -0.114. The number of amides is 1. The van der Waals surface area contributed by atoms with Crippen molar-refractivity contribution in [2.45, 2.75) is 25.7 Å². The summed E-state index contributed by atoms with van der Waals surface area (Å²) >= 11 is 1.79. The number of anilines is 1. The van der Waals surface area contributed by atoms with Crippen LogP contribution in [0.4, 0.5) is 5.69 Å². The van der Waals surface area contributed by atoms with Gasteiger partial charge in [-0.15, -0.1) is 11.8 Å². The minimum absolute atomic E-state index is 0.0371. The number of thioether (sulfide) groups is 1. The number of allylic oxidation sites excluding steroid dienone is 1. The monoisotopic (exact) mass is 235 g/mol. The first-order valence-corrected chi connectivity index (χ1v) is 6.20. The van der Waals surface area contributed by atoms with Crippen LogP contribution in [-0.2, 0) is 4.79 Å². The van der Waals surface area contributed by atoms with E-state index in [1.165, 1.54) is 17.4 Å². The molecule has 1 aromatic carbocycles. The molecule has 0 saturated carbocycles. The lowest BCUT2D eigenvalue weighted by atomic mass is 10.3. The molecular formula is C13H17NOS. The molecule has 86 valence electrons. The fourth-order valence-corrected chi connectivity index (χ4v) is 2.08. The van der Waals surface area contributed by atoms with Gasteiger partial charge in [-0.3, -0.25) is 4.79 Å². The number of hydrogen-bond acceptors (Lipinski definition) is 2. The number of nitrogens with one attached hydrogen (secondary N) is 1. The number of carbonyl (C=O) groups is 1. The van der Waals surface area contributed by atoms with Crippen molar-refractivity contribution in [2.24, 2.45) is 0 Å². The van der Waals surface area contributed by atoms with Crippen LogP contribution in [0.15, 0.2) is 40.8 Å². The summed E-state index contributed by atoms with van der Waals surface area (Å²) in [7, 11) is 0. The Morgan fingerprint density at radius 3 is 2.38 bits per heavy atom. The van der Waals surface area contributed by atoms with Gasteiger partial charge >= 0.3 is 0 Å². The SMILES string of the molecule is CC(=O)Nc1ccc(SCC=C(C)C)cc1. The van der Waals surface area contributed by atoms with Gasteiger partial charge in [0, 0.05) is 23.3 Å². The fraction of sp³-hybridized carbons (Fsp3) is 0.308. The van der Waals surface area contributed by atoms with Crippen LogP contribution in [0, 0.1) is 0 Å². The van der Waals surface area contributed by atoms with Gasteiger partial charge in [0.1, 0.15) is 0 Å². The molecule has 16 heavy (non-hydrogen) atoms. The zero-order chi connectivity index (χ0) is 12.0. The van der Waals surface area contributed by atoms with Crippen LogP contribution in [-0.4, -0.2) is 11.7 Å². The number of rotatable bonds is 4. The van der Waals surface area contributed by atoms with Crippen molar-refractivity contribution in [2.75, 3.05) is 11.1 Å². The third-order valence-electron chi connectivity index (χ3n) is 1.92. The molecule has 0 atom stereocenters. The number of carbonyl (C=O) groups excluding carboxylic acids is 1. The second-order valence-corrected chi connectivity index (χ2v) is 4.89. The Kier molecular flexibility index (Phi) is 5.12. The quantitative estimate of drug-likeness (QED) is 0.637. The predicted octanol–water partition coefficient (Wildman–Crippen LogP) is 3.70. The van der Waals surface area contributed by atoms with Crippen LogP contribution < -0.4 is 5.32 Å². The van der Waals surface area contributed by atoms with Crippen molar-refractivity contribution >= 4 is 23.4 Å². The molecule has 0 spiro atoms. The smallest absolute Gasteiger partial charge is 0.221 e. The highest BCUT2D eigenvalue weighted by molar-refractivity contribution is 7.99. The van der Waals surface area contributed by atoms with Gasteiger partial charge in [-0.05, 0) is 38.1 Å². The molecule has 3 heteroatoms. The Bertz CT molecular complexity index is 377. The summed E-state index contributed by atoms with van der Waals surface area (Å²) in [6.45, 7) is 5.71. The standard InChI is InChI=1S/C13H17NOS/c1-10(2)8-9-16-13-6-4-12(5-7-13)14-11(3)15/h4-8H,9H2,1-3H3,(H,14,15). The molecule has 0 aliphatic rings. The largest absolute Gasteiger partial charge is 0.326 e. The normalized spacial score (nSPS) is 9.69. The van der Waals surface area contributed by atoms with Crippen molar-refractivity contribution in [3.63, 3.8) is 0 Å². The van der Waals surface area contributed by atoms with Crippen LogP contribution in [0.1, 0.15) is 20.8 Å². The van der Waals surface area contributed by atoms with Crippen LogP contribution in [0.3, 0.4) is 0 Å². The lowest BCUT2D eigenvalue weighted by Gasteiger charge is -2.03. The molecule has 1 N–H and O–H groups in total. The third kappa shape index (κ3) is 5.03. The van der Waals surface area contributed by atoms with Crippen molar-refractivity contribution in [3.05, 3.63) is 35.9 Å². The molecule has 0 unspecified atom stereocenters. The first kappa shape index (κ1) is 12.8. The van der Waals surface area contributed by atoms with Gasteiger partial charge in [0.05, 0.1) is 0 Å². The first-order valence-electron chi connectivity index (χ1n) is 5.22. The fourth-order valence-electron chi connectivity index (χ4n) is 1.14. The second-order valence-electron chi connectivity index (χ2n) is 3.80. The summed E-state index contributed by atoms with van der Waals surface area (Å²) in [5.41, 5.74) is 2.18. The molecule has 0 fully saturated rings. The van der Waals surface area contributed by atoms with Gasteiger partial charge in [-0.2, -0.15) is 0 Å². The Labute approximate surface area is 101 Å².